The smallest absolute Gasteiger partial charge is 0.131 e. The molecule has 2 aliphatic rings. The van der Waals surface area contributed by atoms with E-state index in [0.717, 1.165) is 5.57 Å². The van der Waals surface area contributed by atoms with Crippen molar-refractivity contribution in [2.45, 2.75) is 12.6 Å². The Morgan fingerprint density at radius 2 is 2.00 bits per heavy atom. The summed E-state index contributed by atoms with van der Waals surface area (Å²) in [4.78, 5) is 0. The predicted molar refractivity (Wildman–Crippen MR) is 85.5 cm³/mol. The second kappa shape index (κ2) is 4.09. The highest BCUT2D eigenvalue weighted by molar-refractivity contribution is 7.68. The summed E-state index contributed by atoms with van der Waals surface area (Å²) in [5, 5.41) is 2.49. The van der Waals surface area contributed by atoms with E-state index in [1.54, 1.807) is 0 Å². The standard InChI is InChI=1S/C18H15OP/c1-13-10-11-20(19,12-13)17-9-8-15-5-2-4-14-6-3-7-16(17)18(14)15/h2-9,11,17H,12H2,1H3. The molecule has 0 bridgehead atoms. The van der Waals surface area contributed by atoms with Crippen LogP contribution in [0, 0.1) is 0 Å². The Bertz CT molecular complexity index is 861. The fourth-order valence-electron chi connectivity index (χ4n) is 3.32. The van der Waals surface area contributed by atoms with Gasteiger partial charge < -0.3 is 4.57 Å². The monoisotopic (exact) mass is 278 g/mol. The van der Waals surface area contributed by atoms with Crippen LogP contribution in [-0.4, -0.2) is 6.16 Å². The Kier molecular flexibility index (Phi) is 2.45. The maximum Gasteiger partial charge on any atom is 0.131 e. The topological polar surface area (TPSA) is 17.1 Å². The zero-order valence-corrected chi connectivity index (χ0v) is 12.2. The van der Waals surface area contributed by atoms with Crippen LogP contribution in [0.5, 0.6) is 0 Å². The fourth-order valence-corrected chi connectivity index (χ4v) is 6.11. The summed E-state index contributed by atoms with van der Waals surface area (Å²) in [6, 6.07) is 12.7. The zero-order valence-electron chi connectivity index (χ0n) is 11.3. The summed E-state index contributed by atoms with van der Waals surface area (Å²) in [6.45, 7) is 2.01. The SMILES string of the molecule is CC1=C=CP(=O)(C2C=Cc3cccc4cccc2c34)C1. The second-order valence-corrected chi connectivity index (χ2v) is 8.50. The van der Waals surface area contributed by atoms with Gasteiger partial charge in [-0.05, 0) is 34.4 Å². The quantitative estimate of drug-likeness (QED) is 0.508. The molecule has 0 amide bonds. The minimum absolute atomic E-state index is 0.00560. The van der Waals surface area contributed by atoms with Crippen molar-refractivity contribution in [1.82, 2.24) is 0 Å². The molecular formula is C18H15OP. The lowest BCUT2D eigenvalue weighted by Gasteiger charge is -2.25. The van der Waals surface area contributed by atoms with E-state index in [1.807, 2.05) is 12.7 Å². The third-order valence-electron chi connectivity index (χ3n) is 4.23. The molecule has 0 fully saturated rings. The average molecular weight is 278 g/mol. The molecule has 0 saturated heterocycles. The predicted octanol–water partition coefficient (Wildman–Crippen LogP) is 5.34. The Balaban J connectivity index is 1.96. The second-order valence-electron chi connectivity index (χ2n) is 5.66. The van der Waals surface area contributed by atoms with E-state index in [-0.39, 0.29) is 5.66 Å². The largest absolute Gasteiger partial charge is 0.317 e. The van der Waals surface area contributed by atoms with Crippen molar-refractivity contribution in [1.29, 1.82) is 0 Å². The molecule has 2 aromatic rings. The van der Waals surface area contributed by atoms with Crippen LogP contribution in [0.3, 0.4) is 0 Å². The number of rotatable bonds is 1. The van der Waals surface area contributed by atoms with Crippen molar-refractivity contribution in [3.05, 3.63) is 70.7 Å². The normalized spacial score (nSPS) is 27.1. The molecule has 1 aliphatic heterocycles. The molecular weight excluding hydrogens is 263 g/mol. The summed E-state index contributed by atoms with van der Waals surface area (Å²) < 4.78 is 13.2. The minimum Gasteiger partial charge on any atom is -0.317 e. The molecule has 0 spiro atoms. The molecule has 20 heavy (non-hydrogen) atoms. The number of hydrogen-bond acceptors (Lipinski definition) is 1. The Morgan fingerprint density at radius 3 is 2.75 bits per heavy atom. The van der Waals surface area contributed by atoms with Gasteiger partial charge in [0.2, 0.25) is 0 Å². The third-order valence-corrected chi connectivity index (χ3v) is 7.16. The first-order valence-electron chi connectivity index (χ1n) is 6.89. The van der Waals surface area contributed by atoms with E-state index in [2.05, 4.69) is 54.3 Å². The molecule has 0 aromatic heterocycles. The van der Waals surface area contributed by atoms with E-state index in [1.165, 1.54) is 21.9 Å². The van der Waals surface area contributed by atoms with Crippen molar-refractivity contribution >= 4 is 24.0 Å². The fraction of sp³-hybridized carbons (Fsp3) is 0.167. The van der Waals surface area contributed by atoms with Crippen molar-refractivity contribution < 1.29 is 4.57 Å². The highest BCUT2D eigenvalue weighted by atomic mass is 31.2. The van der Waals surface area contributed by atoms with E-state index < -0.39 is 7.14 Å². The first-order chi connectivity index (χ1) is 9.67. The number of hydrogen-bond donors (Lipinski definition) is 0. The van der Waals surface area contributed by atoms with E-state index in [9.17, 15) is 4.57 Å². The Labute approximate surface area is 118 Å². The van der Waals surface area contributed by atoms with Gasteiger partial charge in [0.05, 0.1) is 5.66 Å². The van der Waals surface area contributed by atoms with Gasteiger partial charge in [0.15, 0.2) is 0 Å². The van der Waals surface area contributed by atoms with E-state index in [0.29, 0.717) is 6.16 Å². The van der Waals surface area contributed by atoms with Gasteiger partial charge >= 0.3 is 0 Å². The lowest BCUT2D eigenvalue weighted by Crippen LogP contribution is -2.03. The van der Waals surface area contributed by atoms with Gasteiger partial charge in [0.1, 0.15) is 7.14 Å². The molecule has 0 radical (unpaired) electrons. The van der Waals surface area contributed by atoms with Crippen LogP contribution in [0.4, 0.5) is 0 Å². The molecule has 2 atom stereocenters. The van der Waals surface area contributed by atoms with Gasteiger partial charge in [-0.25, -0.2) is 0 Å². The average Bonchev–Trinajstić information content (AvgIpc) is 2.80. The zero-order chi connectivity index (χ0) is 13.7. The van der Waals surface area contributed by atoms with Crippen molar-refractivity contribution in [3.8, 4) is 0 Å². The first kappa shape index (κ1) is 12.0. The summed E-state index contributed by atoms with van der Waals surface area (Å²) in [5.74, 6) is 1.84. The number of allylic oxidation sites excluding steroid dienone is 2. The molecule has 0 saturated carbocycles. The maximum atomic E-state index is 13.2. The molecule has 1 aliphatic carbocycles. The summed E-state index contributed by atoms with van der Waals surface area (Å²) >= 11 is 0. The highest BCUT2D eigenvalue weighted by Crippen LogP contribution is 2.65. The summed E-state index contributed by atoms with van der Waals surface area (Å²) in [7, 11) is -2.38. The van der Waals surface area contributed by atoms with Crippen LogP contribution in [0.15, 0.2) is 59.6 Å². The summed E-state index contributed by atoms with van der Waals surface area (Å²) in [5.41, 5.74) is 6.70. The molecule has 2 unspecified atom stereocenters. The number of benzene rings is 2. The third kappa shape index (κ3) is 1.61. The van der Waals surface area contributed by atoms with Gasteiger partial charge in [-0.15, -0.1) is 5.73 Å². The summed E-state index contributed by atoms with van der Waals surface area (Å²) in [6.07, 6.45) is 4.91. The lowest BCUT2D eigenvalue weighted by atomic mass is 9.93. The Hall–Kier alpha value is -1.81. The van der Waals surface area contributed by atoms with Gasteiger partial charge in [-0.3, -0.25) is 0 Å². The molecule has 1 heterocycles. The van der Waals surface area contributed by atoms with Gasteiger partial charge in [-0.2, -0.15) is 0 Å². The highest BCUT2D eigenvalue weighted by Gasteiger charge is 2.35. The molecule has 4 rings (SSSR count). The van der Waals surface area contributed by atoms with Crippen molar-refractivity contribution in [2.75, 3.05) is 6.16 Å². The minimum atomic E-state index is -2.38. The molecule has 98 valence electrons. The van der Waals surface area contributed by atoms with Crippen molar-refractivity contribution in [2.24, 2.45) is 0 Å². The van der Waals surface area contributed by atoms with Gasteiger partial charge in [0, 0.05) is 12.0 Å². The van der Waals surface area contributed by atoms with Crippen LogP contribution in [0.25, 0.3) is 16.8 Å². The van der Waals surface area contributed by atoms with Crippen LogP contribution >= 0.6 is 7.14 Å². The molecule has 0 N–H and O–H groups in total. The van der Waals surface area contributed by atoms with E-state index in [4.69, 9.17) is 0 Å². The first-order valence-corrected chi connectivity index (χ1v) is 8.92. The van der Waals surface area contributed by atoms with Crippen molar-refractivity contribution in [3.63, 3.8) is 0 Å². The van der Waals surface area contributed by atoms with E-state index >= 15 is 0 Å². The van der Waals surface area contributed by atoms with Gasteiger partial charge in [-0.1, -0.05) is 48.6 Å². The lowest BCUT2D eigenvalue weighted by molar-refractivity contribution is 0.579. The Morgan fingerprint density at radius 1 is 1.20 bits per heavy atom. The van der Waals surface area contributed by atoms with Crippen LogP contribution < -0.4 is 0 Å². The van der Waals surface area contributed by atoms with Crippen LogP contribution in [-0.2, 0) is 4.57 Å². The molecule has 2 heteroatoms. The molecule has 1 nitrogen and oxygen atoms in total. The van der Waals surface area contributed by atoms with Crippen LogP contribution in [0.1, 0.15) is 23.7 Å². The van der Waals surface area contributed by atoms with Gasteiger partial charge in [0.25, 0.3) is 0 Å². The van der Waals surface area contributed by atoms with Crippen LogP contribution in [0.2, 0.25) is 0 Å². The maximum absolute atomic E-state index is 13.2. The molecule has 2 aromatic carbocycles.